The van der Waals surface area contributed by atoms with Gasteiger partial charge < -0.3 is 5.11 Å². The van der Waals surface area contributed by atoms with Crippen molar-refractivity contribution in [2.24, 2.45) is 0 Å². The summed E-state index contributed by atoms with van der Waals surface area (Å²) in [4.78, 5) is 19.7. The number of benzene rings is 1. The van der Waals surface area contributed by atoms with Crippen LogP contribution in [-0.4, -0.2) is 21.0 Å². The molecule has 4 nitrogen and oxygen atoms in total. The third-order valence-electron chi connectivity index (χ3n) is 2.89. The van der Waals surface area contributed by atoms with E-state index >= 15 is 0 Å². The molecule has 0 aliphatic rings. The highest BCUT2D eigenvalue weighted by Crippen LogP contribution is 2.15. The zero-order valence-corrected chi connectivity index (χ0v) is 12.7. The minimum absolute atomic E-state index is 0.199. The van der Waals surface area contributed by atoms with E-state index in [2.05, 4.69) is 25.9 Å². The second-order valence-electron chi connectivity index (χ2n) is 4.51. The molecule has 104 valence electrons. The lowest BCUT2D eigenvalue weighted by Gasteiger charge is -2.07. The first-order valence-corrected chi connectivity index (χ1v) is 7.22. The smallest absolute Gasteiger partial charge is 0.339 e. The summed E-state index contributed by atoms with van der Waals surface area (Å²) in [6.07, 6.45) is 3.51. The van der Waals surface area contributed by atoms with Crippen LogP contribution in [0.1, 0.15) is 40.8 Å². The summed E-state index contributed by atoms with van der Waals surface area (Å²) >= 11 is 3.43. The van der Waals surface area contributed by atoms with Crippen molar-refractivity contribution in [3.8, 4) is 0 Å². The van der Waals surface area contributed by atoms with Crippen LogP contribution in [0.4, 0.5) is 0 Å². The second kappa shape index (κ2) is 6.61. The van der Waals surface area contributed by atoms with Crippen molar-refractivity contribution in [3.63, 3.8) is 0 Å². The van der Waals surface area contributed by atoms with Crippen molar-refractivity contribution >= 4 is 21.9 Å². The minimum Gasteiger partial charge on any atom is -0.478 e. The fraction of sp³-hybridized carbons (Fsp3) is 0.267. The molecule has 0 atom stereocenters. The van der Waals surface area contributed by atoms with Crippen LogP contribution >= 0.6 is 15.9 Å². The van der Waals surface area contributed by atoms with E-state index in [-0.39, 0.29) is 5.56 Å². The second-order valence-corrected chi connectivity index (χ2v) is 5.42. The summed E-state index contributed by atoms with van der Waals surface area (Å²) in [7, 11) is 0. The van der Waals surface area contributed by atoms with E-state index < -0.39 is 5.97 Å². The van der Waals surface area contributed by atoms with Gasteiger partial charge in [0.15, 0.2) is 0 Å². The molecule has 0 radical (unpaired) electrons. The highest BCUT2D eigenvalue weighted by Gasteiger charge is 2.13. The Bertz CT molecular complexity index is 629. The summed E-state index contributed by atoms with van der Waals surface area (Å²) < 4.78 is 1.01. The molecule has 2 aromatic rings. The monoisotopic (exact) mass is 334 g/mol. The number of carbonyl (C=O) groups is 1. The normalized spacial score (nSPS) is 10.5. The Morgan fingerprint density at radius 2 is 2.20 bits per heavy atom. The number of nitrogens with zero attached hydrogens (tertiary/aromatic N) is 2. The van der Waals surface area contributed by atoms with Gasteiger partial charge in [-0.25, -0.2) is 14.8 Å². The Hall–Kier alpha value is -1.75. The third-order valence-corrected chi connectivity index (χ3v) is 3.38. The maximum atomic E-state index is 11.1. The molecule has 1 heterocycles. The SMILES string of the molecule is CCCc1nc(Cc2cccc(Br)c2)ncc1C(=O)O. The number of rotatable bonds is 5. The molecule has 0 saturated carbocycles. The predicted molar refractivity (Wildman–Crippen MR) is 79.9 cm³/mol. The van der Waals surface area contributed by atoms with Crippen LogP contribution in [0, 0.1) is 0 Å². The molecule has 1 N–H and O–H groups in total. The van der Waals surface area contributed by atoms with Crippen LogP contribution in [-0.2, 0) is 12.8 Å². The van der Waals surface area contributed by atoms with Gasteiger partial charge in [0.05, 0.1) is 11.3 Å². The van der Waals surface area contributed by atoms with Gasteiger partial charge in [-0.3, -0.25) is 0 Å². The number of halogens is 1. The number of aromatic nitrogens is 2. The van der Waals surface area contributed by atoms with Gasteiger partial charge in [0.2, 0.25) is 0 Å². The summed E-state index contributed by atoms with van der Waals surface area (Å²) in [5.41, 5.74) is 1.90. The van der Waals surface area contributed by atoms with Gasteiger partial charge in [0.25, 0.3) is 0 Å². The first-order valence-electron chi connectivity index (χ1n) is 6.42. The van der Waals surface area contributed by atoms with Gasteiger partial charge in [-0.2, -0.15) is 0 Å². The average molecular weight is 335 g/mol. The van der Waals surface area contributed by atoms with Crippen molar-refractivity contribution in [2.75, 3.05) is 0 Å². The van der Waals surface area contributed by atoms with Crippen molar-refractivity contribution in [1.82, 2.24) is 9.97 Å². The summed E-state index contributed by atoms with van der Waals surface area (Å²) in [6, 6.07) is 7.92. The molecular weight excluding hydrogens is 320 g/mol. The molecule has 2 rings (SSSR count). The van der Waals surface area contributed by atoms with Crippen LogP contribution < -0.4 is 0 Å². The molecule has 20 heavy (non-hydrogen) atoms. The van der Waals surface area contributed by atoms with Crippen LogP contribution in [0.25, 0.3) is 0 Å². The fourth-order valence-corrected chi connectivity index (χ4v) is 2.43. The molecule has 0 fully saturated rings. The Labute approximate surface area is 126 Å². The van der Waals surface area contributed by atoms with E-state index in [4.69, 9.17) is 5.11 Å². The number of aryl methyl sites for hydroxylation is 1. The van der Waals surface area contributed by atoms with E-state index in [0.717, 1.165) is 16.5 Å². The minimum atomic E-state index is -0.970. The molecule has 0 aliphatic heterocycles. The maximum Gasteiger partial charge on any atom is 0.339 e. The molecule has 0 bridgehead atoms. The highest BCUT2D eigenvalue weighted by atomic mass is 79.9. The summed E-state index contributed by atoms with van der Waals surface area (Å²) in [6.45, 7) is 2.00. The third kappa shape index (κ3) is 3.63. The predicted octanol–water partition coefficient (Wildman–Crippen LogP) is 3.48. The average Bonchev–Trinajstić information content (AvgIpc) is 2.39. The number of hydrogen-bond acceptors (Lipinski definition) is 3. The standard InChI is InChI=1S/C15H15BrN2O2/c1-2-4-13-12(15(19)20)9-17-14(18-13)8-10-5-3-6-11(16)7-10/h3,5-7,9H,2,4,8H2,1H3,(H,19,20). The van der Waals surface area contributed by atoms with E-state index in [1.54, 1.807) is 0 Å². The van der Waals surface area contributed by atoms with Gasteiger partial charge in [0, 0.05) is 17.1 Å². The zero-order chi connectivity index (χ0) is 14.5. The first-order chi connectivity index (χ1) is 9.60. The van der Waals surface area contributed by atoms with Crippen LogP contribution in [0.2, 0.25) is 0 Å². The lowest BCUT2D eigenvalue weighted by molar-refractivity contribution is 0.0694. The molecular formula is C15H15BrN2O2. The molecule has 5 heteroatoms. The highest BCUT2D eigenvalue weighted by molar-refractivity contribution is 9.10. The Kier molecular flexibility index (Phi) is 4.84. The maximum absolute atomic E-state index is 11.1. The van der Waals surface area contributed by atoms with Gasteiger partial charge in [-0.15, -0.1) is 0 Å². The Morgan fingerprint density at radius 1 is 1.40 bits per heavy atom. The first kappa shape index (κ1) is 14.7. The van der Waals surface area contributed by atoms with Crippen molar-refractivity contribution in [3.05, 3.63) is 57.6 Å². The fourth-order valence-electron chi connectivity index (χ4n) is 1.98. The van der Waals surface area contributed by atoms with Gasteiger partial charge in [-0.1, -0.05) is 41.4 Å². The molecule has 1 aromatic carbocycles. The lowest BCUT2D eigenvalue weighted by Crippen LogP contribution is -2.09. The Morgan fingerprint density at radius 3 is 2.85 bits per heavy atom. The van der Waals surface area contributed by atoms with Crippen molar-refractivity contribution < 1.29 is 9.90 Å². The number of aromatic carboxylic acids is 1. The Balaban J connectivity index is 2.29. The molecule has 0 saturated heterocycles. The van der Waals surface area contributed by atoms with Gasteiger partial charge in [-0.05, 0) is 24.1 Å². The van der Waals surface area contributed by atoms with E-state index in [1.807, 2.05) is 31.2 Å². The van der Waals surface area contributed by atoms with Crippen LogP contribution in [0.15, 0.2) is 34.9 Å². The summed E-state index contributed by atoms with van der Waals surface area (Å²) in [5, 5.41) is 9.12. The topological polar surface area (TPSA) is 63.1 Å². The molecule has 1 aromatic heterocycles. The van der Waals surface area contributed by atoms with Gasteiger partial charge in [0.1, 0.15) is 5.82 Å². The van der Waals surface area contributed by atoms with Crippen LogP contribution in [0.5, 0.6) is 0 Å². The van der Waals surface area contributed by atoms with Crippen molar-refractivity contribution in [2.45, 2.75) is 26.2 Å². The van der Waals surface area contributed by atoms with Gasteiger partial charge >= 0.3 is 5.97 Å². The number of hydrogen-bond donors (Lipinski definition) is 1. The van der Waals surface area contributed by atoms with E-state index in [9.17, 15) is 4.79 Å². The number of carboxylic acids is 1. The lowest BCUT2D eigenvalue weighted by atomic mass is 10.1. The van der Waals surface area contributed by atoms with Crippen molar-refractivity contribution in [1.29, 1.82) is 0 Å². The quantitative estimate of drug-likeness (QED) is 0.909. The zero-order valence-electron chi connectivity index (χ0n) is 11.1. The molecule has 0 unspecified atom stereocenters. The number of carboxylic acid groups (broad SMARTS) is 1. The van der Waals surface area contributed by atoms with E-state index in [0.29, 0.717) is 24.4 Å². The molecule has 0 aliphatic carbocycles. The largest absolute Gasteiger partial charge is 0.478 e. The molecule has 0 spiro atoms. The summed E-state index contributed by atoms with van der Waals surface area (Å²) in [5.74, 6) is -0.320. The molecule has 0 amide bonds. The van der Waals surface area contributed by atoms with Crippen LogP contribution in [0.3, 0.4) is 0 Å². The van der Waals surface area contributed by atoms with E-state index in [1.165, 1.54) is 6.20 Å².